The molecule has 0 unspecified atom stereocenters. The van der Waals surface area contributed by atoms with Gasteiger partial charge in [-0.2, -0.15) is 0 Å². The van der Waals surface area contributed by atoms with Crippen molar-refractivity contribution in [2.24, 2.45) is 0 Å². The van der Waals surface area contributed by atoms with Crippen molar-refractivity contribution >= 4 is 17.1 Å². The Bertz CT molecular complexity index is 354. The molecule has 0 saturated heterocycles. The number of nitro groups is 1. The van der Waals surface area contributed by atoms with Gasteiger partial charge >= 0.3 is 0 Å². The third-order valence-electron chi connectivity index (χ3n) is 1.58. The van der Waals surface area contributed by atoms with Crippen LogP contribution < -0.4 is 11.1 Å². The molecule has 13 heavy (non-hydrogen) atoms. The molecule has 0 amide bonds. The van der Waals surface area contributed by atoms with Crippen LogP contribution >= 0.6 is 0 Å². The Labute approximate surface area is 73.5 Å². The molecule has 0 aliphatic carbocycles. The van der Waals surface area contributed by atoms with Gasteiger partial charge in [-0.25, -0.2) is 4.39 Å². The normalized spacial score (nSPS) is 9.69. The summed E-state index contributed by atoms with van der Waals surface area (Å²) in [5, 5.41) is 12.9. The molecule has 0 atom stereocenters. The van der Waals surface area contributed by atoms with Crippen LogP contribution in [0.3, 0.4) is 0 Å². The first-order chi connectivity index (χ1) is 6.06. The number of nitrogens with one attached hydrogen (secondary N) is 1. The number of nitrogens with two attached hydrogens (primary N) is 1. The van der Waals surface area contributed by atoms with Crippen molar-refractivity contribution in [3.8, 4) is 0 Å². The van der Waals surface area contributed by atoms with Crippen molar-refractivity contribution in [1.29, 1.82) is 0 Å². The van der Waals surface area contributed by atoms with Crippen molar-refractivity contribution in [2.45, 2.75) is 0 Å². The highest BCUT2D eigenvalue weighted by Crippen LogP contribution is 2.27. The van der Waals surface area contributed by atoms with Crippen LogP contribution in [-0.4, -0.2) is 12.0 Å². The van der Waals surface area contributed by atoms with E-state index < -0.39 is 10.7 Å². The Morgan fingerprint density at radius 3 is 2.69 bits per heavy atom. The molecule has 0 spiro atoms. The van der Waals surface area contributed by atoms with Crippen LogP contribution in [0.25, 0.3) is 0 Å². The molecule has 0 bridgehead atoms. The maximum absolute atomic E-state index is 12.9. The first kappa shape index (κ1) is 9.24. The van der Waals surface area contributed by atoms with Crippen LogP contribution in [0.2, 0.25) is 0 Å². The topological polar surface area (TPSA) is 81.2 Å². The zero-order valence-electron chi connectivity index (χ0n) is 6.87. The number of hydrogen-bond acceptors (Lipinski definition) is 4. The molecule has 6 heteroatoms. The highest BCUT2D eigenvalue weighted by atomic mass is 19.1. The first-order valence-electron chi connectivity index (χ1n) is 3.47. The number of nitrogens with zero attached hydrogens (tertiary/aromatic N) is 1. The molecule has 0 radical (unpaired) electrons. The summed E-state index contributed by atoms with van der Waals surface area (Å²) in [5.74, 6) is -0.606. The summed E-state index contributed by atoms with van der Waals surface area (Å²) in [7, 11) is 1.47. The lowest BCUT2D eigenvalue weighted by Crippen LogP contribution is -2.00. The lowest BCUT2D eigenvalue weighted by Gasteiger charge is -2.03. The summed E-state index contributed by atoms with van der Waals surface area (Å²) >= 11 is 0. The number of anilines is 2. The predicted octanol–water partition coefficient (Wildman–Crippen LogP) is 1.36. The first-order valence-corrected chi connectivity index (χ1v) is 3.47. The van der Waals surface area contributed by atoms with Crippen molar-refractivity contribution < 1.29 is 9.31 Å². The van der Waals surface area contributed by atoms with Gasteiger partial charge in [0.15, 0.2) is 0 Å². The molecule has 5 nitrogen and oxygen atoms in total. The number of hydrogen-bond donors (Lipinski definition) is 2. The number of benzene rings is 1. The largest absolute Gasteiger partial charge is 0.393 e. The highest BCUT2D eigenvalue weighted by Gasteiger charge is 2.15. The average Bonchev–Trinajstić information content (AvgIpc) is 2.03. The summed E-state index contributed by atoms with van der Waals surface area (Å²) in [6.07, 6.45) is 0. The maximum atomic E-state index is 12.9. The molecule has 0 heterocycles. The molecule has 0 saturated carbocycles. The summed E-state index contributed by atoms with van der Waals surface area (Å²) in [6.45, 7) is 0. The Balaban J connectivity index is 3.30. The molecular weight excluding hydrogens is 177 g/mol. The molecule has 0 aliphatic heterocycles. The van der Waals surface area contributed by atoms with Crippen LogP contribution in [0.5, 0.6) is 0 Å². The van der Waals surface area contributed by atoms with Crippen molar-refractivity contribution in [2.75, 3.05) is 18.1 Å². The Morgan fingerprint density at radius 2 is 2.23 bits per heavy atom. The molecule has 3 N–H and O–H groups in total. The van der Waals surface area contributed by atoms with Crippen LogP contribution in [0, 0.1) is 15.9 Å². The molecule has 1 aromatic carbocycles. The van der Waals surface area contributed by atoms with Crippen LogP contribution in [0.1, 0.15) is 0 Å². The summed E-state index contributed by atoms with van der Waals surface area (Å²) in [4.78, 5) is 9.72. The van der Waals surface area contributed by atoms with Gasteiger partial charge in [-0.1, -0.05) is 0 Å². The zero-order chi connectivity index (χ0) is 10.0. The fraction of sp³-hybridized carbons (Fsp3) is 0.143. The number of rotatable bonds is 2. The minimum atomic E-state index is -0.657. The van der Waals surface area contributed by atoms with Gasteiger partial charge in [-0.3, -0.25) is 10.1 Å². The Hall–Kier alpha value is -1.85. The standard InChI is InChI=1S/C7H8FN3O2/c1-10-6-3-7(11(12)13)5(9)2-4(6)8/h2-3,10H,9H2,1H3. The minimum Gasteiger partial charge on any atom is -0.393 e. The van der Waals surface area contributed by atoms with Gasteiger partial charge in [0.1, 0.15) is 11.5 Å². The van der Waals surface area contributed by atoms with Crippen LogP contribution in [0.15, 0.2) is 12.1 Å². The molecular formula is C7H8FN3O2. The zero-order valence-corrected chi connectivity index (χ0v) is 6.87. The van der Waals surface area contributed by atoms with Gasteiger partial charge in [0.2, 0.25) is 0 Å². The SMILES string of the molecule is CNc1cc([N+](=O)[O-])c(N)cc1F. The van der Waals surface area contributed by atoms with E-state index in [1.807, 2.05) is 0 Å². The maximum Gasteiger partial charge on any atom is 0.294 e. The number of nitro benzene ring substituents is 1. The fourth-order valence-corrected chi connectivity index (χ4v) is 0.927. The number of nitrogen functional groups attached to an aromatic ring is 1. The van der Waals surface area contributed by atoms with Crippen molar-refractivity contribution in [3.05, 3.63) is 28.1 Å². The average molecular weight is 185 g/mol. The third kappa shape index (κ3) is 1.66. The van der Waals surface area contributed by atoms with Gasteiger partial charge in [0, 0.05) is 19.2 Å². The monoisotopic (exact) mass is 185 g/mol. The lowest BCUT2D eigenvalue weighted by molar-refractivity contribution is -0.383. The lowest BCUT2D eigenvalue weighted by atomic mass is 10.2. The third-order valence-corrected chi connectivity index (χ3v) is 1.58. The molecule has 0 fully saturated rings. The van der Waals surface area contributed by atoms with Crippen molar-refractivity contribution in [1.82, 2.24) is 0 Å². The van der Waals surface area contributed by atoms with Gasteiger partial charge in [-0.05, 0) is 0 Å². The molecule has 0 aliphatic rings. The van der Waals surface area contributed by atoms with Gasteiger partial charge in [0.05, 0.1) is 10.6 Å². The van der Waals surface area contributed by atoms with Crippen molar-refractivity contribution in [3.63, 3.8) is 0 Å². The summed E-state index contributed by atoms with van der Waals surface area (Å²) in [5.41, 5.74) is 4.81. The molecule has 1 aromatic rings. The van der Waals surface area contributed by atoms with Crippen LogP contribution in [0.4, 0.5) is 21.5 Å². The minimum absolute atomic E-state index is 0.0564. The second-order valence-electron chi connectivity index (χ2n) is 2.40. The number of halogens is 1. The van der Waals surface area contributed by atoms with Gasteiger partial charge in [0.25, 0.3) is 5.69 Å². The Morgan fingerprint density at radius 1 is 1.62 bits per heavy atom. The van der Waals surface area contributed by atoms with Gasteiger partial charge < -0.3 is 11.1 Å². The van der Waals surface area contributed by atoms with Crippen LogP contribution in [-0.2, 0) is 0 Å². The highest BCUT2D eigenvalue weighted by molar-refractivity contribution is 5.66. The fourth-order valence-electron chi connectivity index (χ4n) is 0.927. The molecule has 0 aromatic heterocycles. The predicted molar refractivity (Wildman–Crippen MR) is 47.0 cm³/mol. The van der Waals surface area contributed by atoms with E-state index >= 15 is 0 Å². The van der Waals surface area contributed by atoms with Gasteiger partial charge in [-0.15, -0.1) is 0 Å². The smallest absolute Gasteiger partial charge is 0.294 e. The van der Waals surface area contributed by atoms with E-state index in [0.717, 1.165) is 12.1 Å². The summed E-state index contributed by atoms with van der Waals surface area (Å²) in [6, 6.07) is 1.98. The molecule has 70 valence electrons. The second-order valence-corrected chi connectivity index (χ2v) is 2.40. The molecule has 1 rings (SSSR count). The van der Waals surface area contributed by atoms with E-state index in [4.69, 9.17) is 5.73 Å². The van der Waals surface area contributed by atoms with E-state index in [-0.39, 0.29) is 17.1 Å². The summed E-state index contributed by atoms with van der Waals surface area (Å²) < 4.78 is 12.9. The second kappa shape index (κ2) is 3.26. The van der Waals surface area contributed by atoms with E-state index in [0.29, 0.717) is 0 Å². The Kier molecular flexibility index (Phi) is 2.32. The van der Waals surface area contributed by atoms with E-state index in [9.17, 15) is 14.5 Å². The van der Waals surface area contributed by atoms with E-state index in [1.54, 1.807) is 0 Å². The quantitative estimate of drug-likeness (QED) is 0.414. The van der Waals surface area contributed by atoms with E-state index in [2.05, 4.69) is 5.32 Å². The van der Waals surface area contributed by atoms with E-state index in [1.165, 1.54) is 7.05 Å².